The lowest BCUT2D eigenvalue weighted by Gasteiger charge is -2.12. The summed E-state index contributed by atoms with van der Waals surface area (Å²) < 4.78 is 47.8. The number of oxime groups is 1. The van der Waals surface area contributed by atoms with Crippen molar-refractivity contribution in [3.05, 3.63) is 62.2 Å². The molecule has 0 radical (unpaired) electrons. The second-order valence-electron chi connectivity index (χ2n) is 6.70. The molecule has 0 bridgehead atoms. The first kappa shape index (κ1) is 26.0. The summed E-state index contributed by atoms with van der Waals surface area (Å²) in [5.41, 5.74) is 0.408. The number of rotatable bonds is 11. The zero-order chi connectivity index (χ0) is 25.6. The number of aromatic nitrogens is 2. The number of nitrogens with zero attached hydrogens (tertiary/aromatic N) is 4. The fraction of sp³-hybridized carbons (Fsp3) is 0.235. The highest BCUT2D eigenvalue weighted by Crippen LogP contribution is 2.25. The van der Waals surface area contributed by atoms with Crippen LogP contribution >= 0.6 is 15.9 Å². The number of anilines is 2. The van der Waals surface area contributed by atoms with Crippen LogP contribution in [0.3, 0.4) is 0 Å². The number of hydrogen-bond acceptors (Lipinski definition) is 11. The van der Waals surface area contributed by atoms with Crippen LogP contribution in [0.25, 0.3) is 0 Å². The number of hydrogen-bond donors (Lipinski definition) is 4. The Kier molecular flexibility index (Phi) is 8.33. The number of halogens is 2. The van der Waals surface area contributed by atoms with E-state index in [0.29, 0.717) is 5.69 Å². The van der Waals surface area contributed by atoms with Gasteiger partial charge in [0.05, 0.1) is 10.5 Å². The summed E-state index contributed by atoms with van der Waals surface area (Å²) in [6.07, 6.45) is -0.851. The highest BCUT2D eigenvalue weighted by Gasteiger charge is 2.21. The van der Waals surface area contributed by atoms with Crippen LogP contribution in [0.1, 0.15) is 24.5 Å². The van der Waals surface area contributed by atoms with Crippen LogP contribution in [0.4, 0.5) is 21.8 Å². The third-order valence-electron chi connectivity index (χ3n) is 4.11. The molecule has 1 aromatic carbocycles. The predicted octanol–water partition coefficient (Wildman–Crippen LogP) is 2.23. The molecule has 1 atom stereocenters. The molecule has 0 saturated carbocycles. The molecule has 5 N–H and O–H groups in total. The van der Waals surface area contributed by atoms with Crippen molar-refractivity contribution in [3.8, 4) is 0 Å². The Morgan fingerprint density at radius 1 is 1.34 bits per heavy atom. The lowest BCUT2D eigenvalue weighted by atomic mass is 10.3. The molecule has 0 amide bonds. The van der Waals surface area contributed by atoms with Crippen LogP contribution in [0.2, 0.25) is 0 Å². The summed E-state index contributed by atoms with van der Waals surface area (Å²) in [6, 6.07) is 6.60. The molecule has 1 unspecified atom stereocenters. The Morgan fingerprint density at radius 2 is 2.11 bits per heavy atom. The van der Waals surface area contributed by atoms with Crippen LogP contribution in [0.15, 0.2) is 49.0 Å². The maximum absolute atomic E-state index is 13.6. The fourth-order valence-corrected chi connectivity index (χ4v) is 3.28. The summed E-state index contributed by atoms with van der Waals surface area (Å²) in [6.45, 7) is 1.53. The Labute approximate surface area is 205 Å². The summed E-state index contributed by atoms with van der Waals surface area (Å²) in [4.78, 5) is 15.6. The average Bonchev–Trinajstić information content (AvgIpc) is 3.46. The first-order chi connectivity index (χ1) is 16.5. The molecule has 0 saturated heterocycles. The molecule has 188 valence electrons. The number of benzene rings is 1. The zero-order valence-corrected chi connectivity index (χ0v) is 20.2. The third kappa shape index (κ3) is 7.44. The zero-order valence-electron chi connectivity index (χ0n) is 17.8. The van der Waals surface area contributed by atoms with E-state index in [1.807, 2.05) is 0 Å². The van der Waals surface area contributed by atoms with Crippen molar-refractivity contribution in [2.75, 3.05) is 23.7 Å². The number of furan rings is 1. The maximum Gasteiger partial charge on any atom is 0.433 e. The molecule has 3 aromatic rings. The molecule has 0 aliphatic heterocycles. The van der Waals surface area contributed by atoms with Crippen LogP contribution in [-0.4, -0.2) is 42.6 Å². The Hall–Kier alpha value is -3.61. The minimum atomic E-state index is -3.88. The minimum absolute atomic E-state index is 0.0266. The molecule has 35 heavy (non-hydrogen) atoms. The quantitative estimate of drug-likeness (QED) is 0.0853. The van der Waals surface area contributed by atoms with E-state index in [2.05, 4.69) is 46.8 Å². The fourth-order valence-electron chi connectivity index (χ4n) is 2.51. The largest absolute Gasteiger partial charge is 0.433 e. The van der Waals surface area contributed by atoms with Gasteiger partial charge >= 0.3 is 5.88 Å². The van der Waals surface area contributed by atoms with Gasteiger partial charge in [-0.25, -0.2) is 18.9 Å². The normalized spacial score (nSPS) is 12.9. The first-order valence-electron chi connectivity index (χ1n) is 9.57. The number of nitrogens with one attached hydrogen (secondary N) is 3. The van der Waals surface area contributed by atoms with Crippen LogP contribution in [-0.2, 0) is 15.0 Å². The van der Waals surface area contributed by atoms with Gasteiger partial charge in [-0.3, -0.25) is 10.1 Å². The van der Waals surface area contributed by atoms with Crippen molar-refractivity contribution in [2.45, 2.75) is 13.0 Å². The van der Waals surface area contributed by atoms with E-state index >= 15 is 0 Å². The molecule has 3 rings (SSSR count). The number of amidine groups is 1. The summed E-state index contributed by atoms with van der Waals surface area (Å²) >= 11 is 3.09. The van der Waals surface area contributed by atoms with E-state index in [4.69, 9.17) is 19.0 Å². The minimum Gasteiger partial charge on any atom is -0.402 e. The summed E-state index contributed by atoms with van der Waals surface area (Å²) in [5, 5.41) is 32.9. The van der Waals surface area contributed by atoms with E-state index in [-0.39, 0.29) is 40.7 Å². The van der Waals surface area contributed by atoms with Crippen molar-refractivity contribution >= 4 is 49.4 Å². The molecular formula is C17H18BrFN8O7S. The second-order valence-corrected chi connectivity index (χ2v) is 8.94. The summed E-state index contributed by atoms with van der Waals surface area (Å²) in [7, 11) is -3.88. The SMILES string of the molecule is CC(O/N=C(\Nc1ccc(F)c(Br)c1)c1nonc1NCCNS(N)(=O)=O)c1ccc([N+](=O)[O-])o1. The second kappa shape index (κ2) is 11.2. The monoisotopic (exact) mass is 576 g/mol. The lowest BCUT2D eigenvalue weighted by Crippen LogP contribution is -2.34. The van der Waals surface area contributed by atoms with Crippen molar-refractivity contribution in [1.29, 1.82) is 0 Å². The molecule has 2 heterocycles. The van der Waals surface area contributed by atoms with Gasteiger partial charge in [0.2, 0.25) is 11.7 Å². The van der Waals surface area contributed by atoms with Crippen molar-refractivity contribution in [1.82, 2.24) is 15.0 Å². The van der Waals surface area contributed by atoms with Gasteiger partial charge in [0.1, 0.15) is 10.7 Å². The highest BCUT2D eigenvalue weighted by molar-refractivity contribution is 9.10. The summed E-state index contributed by atoms with van der Waals surface area (Å²) in [5.74, 6) is -0.798. The van der Waals surface area contributed by atoms with E-state index in [0.717, 1.165) is 0 Å². The van der Waals surface area contributed by atoms with E-state index in [9.17, 15) is 22.9 Å². The van der Waals surface area contributed by atoms with Gasteiger partial charge in [-0.1, -0.05) is 5.16 Å². The Balaban J connectivity index is 1.83. The van der Waals surface area contributed by atoms with Gasteiger partial charge in [0.25, 0.3) is 10.2 Å². The molecule has 2 aromatic heterocycles. The molecule has 0 aliphatic carbocycles. The lowest BCUT2D eigenvalue weighted by molar-refractivity contribution is -0.402. The topological polar surface area (TPSA) is 213 Å². The first-order valence-corrected chi connectivity index (χ1v) is 11.9. The van der Waals surface area contributed by atoms with Crippen molar-refractivity contribution in [2.24, 2.45) is 10.3 Å². The standard InChI is InChI=1S/C17H18BrFN8O7S/c1-9(13-4-5-14(32-13)27(28)29)33-25-17(23-10-2-3-12(19)11(18)8-10)15-16(26-34-24-15)21-6-7-22-35(20,30)31/h2-5,8-9,22H,6-7H2,1H3,(H,21,26)(H,23,25)(H2,20,30,31). The maximum atomic E-state index is 13.6. The van der Waals surface area contributed by atoms with Gasteiger partial charge in [-0.2, -0.15) is 8.42 Å². The highest BCUT2D eigenvalue weighted by atomic mass is 79.9. The third-order valence-corrected chi connectivity index (χ3v) is 5.33. The van der Waals surface area contributed by atoms with E-state index in [1.165, 1.54) is 37.3 Å². The van der Waals surface area contributed by atoms with E-state index < -0.39 is 32.9 Å². The van der Waals surface area contributed by atoms with Gasteiger partial charge in [-0.05, 0) is 57.4 Å². The Bertz CT molecular complexity index is 1330. The van der Waals surface area contributed by atoms with Crippen LogP contribution in [0.5, 0.6) is 0 Å². The smallest absolute Gasteiger partial charge is 0.402 e. The van der Waals surface area contributed by atoms with Gasteiger partial charge < -0.3 is 19.9 Å². The molecule has 15 nitrogen and oxygen atoms in total. The van der Waals surface area contributed by atoms with Gasteiger partial charge in [0.15, 0.2) is 17.6 Å². The predicted molar refractivity (Wildman–Crippen MR) is 123 cm³/mol. The molecule has 0 fully saturated rings. The molecule has 0 aliphatic rings. The number of nitro groups is 1. The molecule has 0 spiro atoms. The van der Waals surface area contributed by atoms with Crippen LogP contribution < -0.4 is 20.5 Å². The van der Waals surface area contributed by atoms with Crippen molar-refractivity contribution in [3.63, 3.8) is 0 Å². The Morgan fingerprint density at radius 3 is 2.77 bits per heavy atom. The van der Waals surface area contributed by atoms with Gasteiger partial charge in [0, 0.05) is 18.8 Å². The van der Waals surface area contributed by atoms with E-state index in [1.54, 1.807) is 0 Å². The number of nitrogens with two attached hydrogens (primary N) is 1. The molecule has 18 heteroatoms. The molecular weight excluding hydrogens is 559 g/mol. The van der Waals surface area contributed by atoms with Crippen LogP contribution in [0, 0.1) is 15.9 Å². The van der Waals surface area contributed by atoms with Crippen molar-refractivity contribution < 1.29 is 31.6 Å². The van der Waals surface area contributed by atoms with Gasteiger partial charge in [-0.15, -0.1) is 0 Å². The average molecular weight is 577 g/mol.